The van der Waals surface area contributed by atoms with Gasteiger partial charge in [0, 0.05) is 37.7 Å². The van der Waals surface area contributed by atoms with Gasteiger partial charge in [0.25, 0.3) is 0 Å². The monoisotopic (exact) mass is 267 g/mol. The van der Waals surface area contributed by atoms with E-state index in [2.05, 4.69) is 5.32 Å². The first-order valence-electron chi connectivity index (χ1n) is 6.37. The lowest BCUT2D eigenvalue weighted by atomic mass is 10.0. The molecule has 0 radical (unpaired) electrons. The normalized spacial score (nSPS) is 14.2. The van der Waals surface area contributed by atoms with E-state index in [-0.39, 0.29) is 23.7 Å². The second kappa shape index (κ2) is 7.21. The van der Waals surface area contributed by atoms with Crippen LogP contribution in [0.1, 0.15) is 18.5 Å². The molecule has 19 heavy (non-hydrogen) atoms. The number of nitrogens with one attached hydrogen (secondary N) is 1. The van der Waals surface area contributed by atoms with E-state index < -0.39 is 0 Å². The van der Waals surface area contributed by atoms with Crippen molar-refractivity contribution in [2.24, 2.45) is 11.7 Å². The molecule has 1 aromatic rings. The van der Waals surface area contributed by atoms with Gasteiger partial charge in [-0.3, -0.25) is 9.69 Å². The summed E-state index contributed by atoms with van der Waals surface area (Å²) >= 11 is 0. The Morgan fingerprint density at radius 2 is 2.11 bits per heavy atom. The number of nitrogens with two attached hydrogens (primary N) is 1. The van der Waals surface area contributed by atoms with E-state index in [4.69, 9.17) is 5.73 Å². The first-order chi connectivity index (χ1) is 9.01. The van der Waals surface area contributed by atoms with Gasteiger partial charge in [-0.2, -0.15) is 0 Å². The highest BCUT2D eigenvalue weighted by Gasteiger charge is 2.22. The van der Waals surface area contributed by atoms with Gasteiger partial charge in [0.2, 0.25) is 5.91 Å². The summed E-state index contributed by atoms with van der Waals surface area (Å²) in [4.78, 5) is 13.4. The molecule has 0 aromatic heterocycles. The maximum Gasteiger partial charge on any atom is 0.223 e. The Kier molecular flexibility index (Phi) is 5.92. The zero-order valence-corrected chi connectivity index (χ0v) is 11.7. The van der Waals surface area contributed by atoms with Crippen LogP contribution in [-0.2, 0) is 4.79 Å². The van der Waals surface area contributed by atoms with E-state index in [1.165, 1.54) is 6.07 Å². The molecule has 1 amide bonds. The second-order valence-electron chi connectivity index (χ2n) is 4.73. The number of benzene rings is 1. The summed E-state index contributed by atoms with van der Waals surface area (Å²) < 4.78 is 13.8. The molecule has 0 heterocycles. The fourth-order valence-electron chi connectivity index (χ4n) is 2.18. The number of halogens is 1. The molecule has 0 spiro atoms. The Labute approximate surface area is 113 Å². The molecule has 5 heteroatoms. The third-order valence-corrected chi connectivity index (χ3v) is 3.28. The number of carbonyl (C=O) groups is 1. The van der Waals surface area contributed by atoms with Crippen LogP contribution in [0.2, 0.25) is 0 Å². The van der Waals surface area contributed by atoms with Crippen molar-refractivity contribution in [3.05, 3.63) is 35.6 Å². The van der Waals surface area contributed by atoms with Crippen LogP contribution < -0.4 is 11.1 Å². The van der Waals surface area contributed by atoms with Crippen molar-refractivity contribution in [2.75, 3.05) is 27.2 Å². The van der Waals surface area contributed by atoms with E-state index in [1.807, 2.05) is 18.9 Å². The minimum Gasteiger partial charge on any atom is -0.359 e. The summed E-state index contributed by atoms with van der Waals surface area (Å²) in [6.45, 7) is 2.66. The number of carbonyl (C=O) groups excluding carboxylic acids is 1. The van der Waals surface area contributed by atoms with Crippen LogP contribution >= 0.6 is 0 Å². The number of hydrogen-bond donors (Lipinski definition) is 2. The predicted molar refractivity (Wildman–Crippen MR) is 74.1 cm³/mol. The Balaban J connectivity index is 2.80. The molecule has 2 unspecified atom stereocenters. The number of likely N-dealkylation sites (N-methyl/N-ethyl adjacent to an activating group) is 1. The quantitative estimate of drug-likeness (QED) is 0.812. The van der Waals surface area contributed by atoms with Gasteiger partial charge in [0.05, 0.1) is 0 Å². The van der Waals surface area contributed by atoms with Gasteiger partial charge < -0.3 is 11.1 Å². The van der Waals surface area contributed by atoms with Crippen LogP contribution in [0.5, 0.6) is 0 Å². The molecule has 2 atom stereocenters. The molecule has 1 aromatic carbocycles. The number of rotatable bonds is 6. The molecular weight excluding hydrogens is 245 g/mol. The predicted octanol–water partition coefficient (Wildman–Crippen LogP) is 1.14. The number of hydrogen-bond acceptors (Lipinski definition) is 3. The van der Waals surface area contributed by atoms with Crippen LogP contribution in [0.25, 0.3) is 0 Å². The molecule has 0 saturated carbocycles. The molecule has 0 fully saturated rings. The van der Waals surface area contributed by atoms with Crippen LogP contribution in [-0.4, -0.2) is 38.0 Å². The van der Waals surface area contributed by atoms with Crippen molar-refractivity contribution in [3.63, 3.8) is 0 Å². The Hall–Kier alpha value is -1.46. The van der Waals surface area contributed by atoms with Crippen molar-refractivity contribution in [3.8, 4) is 0 Å². The SMILES string of the molecule is CNC(=O)C(C)CN(C)C(CN)c1ccccc1F. The fourth-order valence-corrected chi connectivity index (χ4v) is 2.18. The molecule has 0 bridgehead atoms. The molecule has 0 aliphatic rings. The average molecular weight is 267 g/mol. The summed E-state index contributed by atoms with van der Waals surface area (Å²) in [5.74, 6) is -0.468. The Bertz CT molecular complexity index is 425. The lowest BCUT2D eigenvalue weighted by Gasteiger charge is -2.29. The van der Waals surface area contributed by atoms with E-state index >= 15 is 0 Å². The zero-order valence-electron chi connectivity index (χ0n) is 11.7. The van der Waals surface area contributed by atoms with Crippen molar-refractivity contribution >= 4 is 5.91 Å². The van der Waals surface area contributed by atoms with Crippen molar-refractivity contribution in [2.45, 2.75) is 13.0 Å². The van der Waals surface area contributed by atoms with Crippen molar-refractivity contribution in [1.82, 2.24) is 10.2 Å². The number of nitrogens with zero attached hydrogens (tertiary/aromatic N) is 1. The van der Waals surface area contributed by atoms with Gasteiger partial charge in [0.15, 0.2) is 0 Å². The van der Waals surface area contributed by atoms with E-state index in [0.717, 1.165) is 0 Å². The Morgan fingerprint density at radius 3 is 2.63 bits per heavy atom. The van der Waals surface area contributed by atoms with Crippen LogP contribution in [0.3, 0.4) is 0 Å². The third kappa shape index (κ3) is 4.01. The summed E-state index contributed by atoms with van der Waals surface area (Å²) in [6.07, 6.45) is 0. The van der Waals surface area contributed by atoms with Crippen molar-refractivity contribution in [1.29, 1.82) is 0 Å². The maximum atomic E-state index is 13.8. The van der Waals surface area contributed by atoms with Crippen LogP contribution in [0, 0.1) is 11.7 Å². The zero-order chi connectivity index (χ0) is 14.4. The van der Waals surface area contributed by atoms with Gasteiger partial charge in [-0.25, -0.2) is 4.39 Å². The highest BCUT2D eigenvalue weighted by molar-refractivity contribution is 5.78. The summed E-state index contributed by atoms with van der Waals surface area (Å²) in [5, 5.41) is 2.61. The summed E-state index contributed by atoms with van der Waals surface area (Å²) in [7, 11) is 3.46. The third-order valence-electron chi connectivity index (χ3n) is 3.28. The first-order valence-corrected chi connectivity index (χ1v) is 6.37. The first kappa shape index (κ1) is 15.6. The highest BCUT2D eigenvalue weighted by Crippen LogP contribution is 2.21. The van der Waals surface area contributed by atoms with Crippen LogP contribution in [0.15, 0.2) is 24.3 Å². The smallest absolute Gasteiger partial charge is 0.223 e. The summed E-state index contributed by atoms with van der Waals surface area (Å²) in [5.41, 5.74) is 6.32. The molecular formula is C14H22FN3O. The highest BCUT2D eigenvalue weighted by atomic mass is 19.1. The minimum absolute atomic E-state index is 0.0313. The van der Waals surface area contributed by atoms with Gasteiger partial charge >= 0.3 is 0 Å². The topological polar surface area (TPSA) is 58.4 Å². The Morgan fingerprint density at radius 1 is 1.47 bits per heavy atom. The molecule has 0 saturated heterocycles. The largest absolute Gasteiger partial charge is 0.359 e. The van der Waals surface area contributed by atoms with Gasteiger partial charge in [-0.1, -0.05) is 25.1 Å². The molecule has 0 aliphatic carbocycles. The molecule has 1 rings (SSSR count). The van der Waals surface area contributed by atoms with E-state index in [9.17, 15) is 9.18 Å². The second-order valence-corrected chi connectivity index (χ2v) is 4.73. The summed E-state index contributed by atoms with van der Waals surface area (Å²) in [6, 6.07) is 6.37. The average Bonchev–Trinajstić information content (AvgIpc) is 2.40. The van der Waals surface area contributed by atoms with E-state index in [0.29, 0.717) is 18.7 Å². The van der Waals surface area contributed by atoms with Crippen LogP contribution in [0.4, 0.5) is 4.39 Å². The molecule has 4 nitrogen and oxygen atoms in total. The number of amides is 1. The van der Waals surface area contributed by atoms with E-state index in [1.54, 1.807) is 25.2 Å². The van der Waals surface area contributed by atoms with Gasteiger partial charge in [-0.05, 0) is 13.1 Å². The minimum atomic E-state index is -0.266. The molecule has 0 aliphatic heterocycles. The standard InChI is InChI=1S/C14H22FN3O/c1-10(14(19)17-2)9-18(3)13(8-16)11-6-4-5-7-12(11)15/h4-7,10,13H,8-9,16H2,1-3H3,(H,17,19). The lowest BCUT2D eigenvalue weighted by molar-refractivity contribution is -0.124. The fraction of sp³-hybridized carbons (Fsp3) is 0.500. The van der Waals surface area contributed by atoms with Gasteiger partial charge in [0.1, 0.15) is 5.82 Å². The molecule has 3 N–H and O–H groups in total. The van der Waals surface area contributed by atoms with Crippen molar-refractivity contribution < 1.29 is 9.18 Å². The lowest BCUT2D eigenvalue weighted by Crippen LogP contribution is -2.38. The van der Waals surface area contributed by atoms with Gasteiger partial charge in [-0.15, -0.1) is 0 Å². The maximum absolute atomic E-state index is 13.8. The molecule has 106 valence electrons.